The number of nitrogens with zero attached hydrogens (tertiary/aromatic N) is 1. The van der Waals surface area contributed by atoms with Gasteiger partial charge in [-0.15, -0.1) is 11.3 Å². The van der Waals surface area contributed by atoms with E-state index in [4.69, 9.17) is 9.84 Å². The first-order chi connectivity index (χ1) is 11.9. The smallest absolute Gasteiger partial charge is 0.328 e. The van der Waals surface area contributed by atoms with Gasteiger partial charge in [-0.2, -0.15) is 4.31 Å². The number of thiophene rings is 1. The highest BCUT2D eigenvalue weighted by molar-refractivity contribution is 7.89. The summed E-state index contributed by atoms with van der Waals surface area (Å²) in [5.41, 5.74) is 0.775. The molecule has 0 saturated carbocycles. The van der Waals surface area contributed by atoms with Crippen molar-refractivity contribution >= 4 is 33.4 Å². The molecule has 0 radical (unpaired) electrons. The quantitative estimate of drug-likeness (QED) is 0.590. The second kappa shape index (κ2) is 7.09. The Hall–Kier alpha value is -2.00. The van der Waals surface area contributed by atoms with Gasteiger partial charge in [-0.05, 0) is 35.9 Å². The van der Waals surface area contributed by atoms with Crippen molar-refractivity contribution in [2.75, 3.05) is 20.2 Å². The van der Waals surface area contributed by atoms with E-state index in [-0.39, 0.29) is 11.0 Å². The maximum Gasteiger partial charge on any atom is 0.328 e. The van der Waals surface area contributed by atoms with Gasteiger partial charge in [0.2, 0.25) is 10.0 Å². The number of hydrogen-bond acceptors (Lipinski definition) is 5. The van der Waals surface area contributed by atoms with Crippen molar-refractivity contribution in [2.24, 2.45) is 0 Å². The van der Waals surface area contributed by atoms with Crippen LogP contribution in [0.4, 0.5) is 0 Å². The Bertz CT molecular complexity index is 913. The van der Waals surface area contributed by atoms with Gasteiger partial charge in [0.05, 0.1) is 17.6 Å². The molecule has 1 unspecified atom stereocenters. The molecule has 1 aromatic carbocycles. The van der Waals surface area contributed by atoms with Crippen molar-refractivity contribution in [3.05, 3.63) is 47.4 Å². The Morgan fingerprint density at radius 2 is 2.16 bits per heavy atom. The van der Waals surface area contributed by atoms with Gasteiger partial charge in [-0.25, -0.2) is 13.2 Å². The van der Waals surface area contributed by atoms with Crippen LogP contribution in [0.2, 0.25) is 0 Å². The number of carboxylic acid groups (broad SMARTS) is 1. The minimum Gasteiger partial charge on any atom is -0.478 e. The molecule has 1 saturated heterocycles. The Labute approximate surface area is 150 Å². The zero-order valence-corrected chi connectivity index (χ0v) is 15.1. The molecule has 1 fully saturated rings. The van der Waals surface area contributed by atoms with Crippen LogP contribution in [0, 0.1) is 0 Å². The first kappa shape index (κ1) is 17.8. The molecule has 132 valence electrons. The molecule has 1 aliphatic heterocycles. The van der Waals surface area contributed by atoms with Gasteiger partial charge in [0.15, 0.2) is 0 Å². The molecule has 1 N–H and O–H groups in total. The van der Waals surface area contributed by atoms with E-state index in [0.717, 1.165) is 21.4 Å². The fraction of sp³-hybridized carbons (Fsp3) is 0.235. The number of carboxylic acids is 1. The normalized spacial score (nSPS) is 17.3. The Kier molecular flexibility index (Phi) is 5.05. The van der Waals surface area contributed by atoms with Crippen molar-refractivity contribution in [1.29, 1.82) is 0 Å². The van der Waals surface area contributed by atoms with E-state index in [1.807, 2.05) is 12.1 Å². The number of benzene rings is 1. The second-order valence-corrected chi connectivity index (χ2v) is 8.80. The van der Waals surface area contributed by atoms with Crippen LogP contribution in [0.3, 0.4) is 0 Å². The van der Waals surface area contributed by atoms with Gasteiger partial charge < -0.3 is 9.84 Å². The maximum absolute atomic E-state index is 12.7. The number of epoxide rings is 1. The summed E-state index contributed by atoms with van der Waals surface area (Å²) in [5, 5.41) is 8.68. The van der Waals surface area contributed by atoms with Gasteiger partial charge in [0.25, 0.3) is 0 Å². The lowest BCUT2D eigenvalue weighted by Gasteiger charge is -2.16. The van der Waals surface area contributed by atoms with Crippen LogP contribution in [0.5, 0.6) is 0 Å². The number of ether oxygens (including phenoxy) is 1. The lowest BCUT2D eigenvalue weighted by Crippen LogP contribution is -2.30. The van der Waals surface area contributed by atoms with E-state index < -0.39 is 16.0 Å². The molecule has 1 aliphatic rings. The predicted octanol–water partition coefficient (Wildman–Crippen LogP) is 2.53. The summed E-state index contributed by atoms with van der Waals surface area (Å²) in [6.07, 6.45) is 2.58. The van der Waals surface area contributed by atoms with E-state index in [1.54, 1.807) is 31.3 Å². The third kappa shape index (κ3) is 4.35. The van der Waals surface area contributed by atoms with E-state index in [2.05, 4.69) is 0 Å². The number of hydrogen-bond donors (Lipinski definition) is 1. The molecule has 1 atom stereocenters. The minimum atomic E-state index is -3.57. The van der Waals surface area contributed by atoms with E-state index in [9.17, 15) is 13.2 Å². The van der Waals surface area contributed by atoms with E-state index in [0.29, 0.717) is 13.2 Å². The molecule has 2 aromatic rings. The molecule has 0 bridgehead atoms. The number of rotatable bonds is 7. The van der Waals surface area contributed by atoms with Crippen molar-refractivity contribution < 1.29 is 23.1 Å². The van der Waals surface area contributed by atoms with Crippen molar-refractivity contribution in [1.82, 2.24) is 4.31 Å². The van der Waals surface area contributed by atoms with Crippen molar-refractivity contribution in [2.45, 2.75) is 11.0 Å². The first-order valence-corrected chi connectivity index (χ1v) is 9.81. The highest BCUT2D eigenvalue weighted by atomic mass is 32.2. The lowest BCUT2D eigenvalue weighted by atomic mass is 10.2. The molecule has 0 aliphatic carbocycles. The molecule has 3 rings (SSSR count). The summed E-state index contributed by atoms with van der Waals surface area (Å²) < 4.78 is 31.7. The molecule has 1 aromatic heterocycles. The van der Waals surface area contributed by atoms with Gasteiger partial charge in [0, 0.05) is 29.4 Å². The molecule has 2 heterocycles. The second-order valence-electron chi connectivity index (χ2n) is 5.64. The summed E-state index contributed by atoms with van der Waals surface area (Å²) in [6.45, 7) is 0.942. The fourth-order valence-corrected chi connectivity index (χ4v) is 4.45. The topological polar surface area (TPSA) is 87.2 Å². The molecular weight excluding hydrogens is 362 g/mol. The van der Waals surface area contributed by atoms with Gasteiger partial charge in [-0.3, -0.25) is 0 Å². The lowest BCUT2D eigenvalue weighted by molar-refractivity contribution is -0.131. The summed E-state index contributed by atoms with van der Waals surface area (Å²) in [5.74, 6) is -1.01. The van der Waals surface area contributed by atoms with Crippen LogP contribution in [-0.2, 0) is 19.6 Å². The van der Waals surface area contributed by atoms with Crippen molar-refractivity contribution in [3.63, 3.8) is 0 Å². The largest absolute Gasteiger partial charge is 0.478 e. The molecule has 0 amide bonds. The summed E-state index contributed by atoms with van der Waals surface area (Å²) in [7, 11) is -2.03. The van der Waals surface area contributed by atoms with Crippen LogP contribution >= 0.6 is 11.3 Å². The SMILES string of the molecule is CN(CC1CO1)S(=O)(=O)c1cccc(-c2ccc(C=CC(=O)O)s2)c1. The van der Waals surface area contributed by atoms with Crippen LogP contribution < -0.4 is 0 Å². The monoisotopic (exact) mass is 379 g/mol. The standard InChI is InChI=1S/C17H17NO5S2/c1-18(10-13-11-23-13)25(21,22)15-4-2-3-12(9-15)16-7-5-14(24-16)6-8-17(19)20/h2-9,13H,10-11H2,1H3,(H,19,20). The van der Waals surface area contributed by atoms with E-state index in [1.165, 1.54) is 21.7 Å². The predicted molar refractivity (Wildman–Crippen MR) is 96.0 cm³/mol. The first-order valence-electron chi connectivity index (χ1n) is 7.55. The van der Waals surface area contributed by atoms with Gasteiger partial charge in [0.1, 0.15) is 0 Å². The van der Waals surface area contributed by atoms with Crippen LogP contribution in [-0.4, -0.2) is 50.1 Å². The van der Waals surface area contributed by atoms with Gasteiger partial charge >= 0.3 is 5.97 Å². The minimum absolute atomic E-state index is 0.0103. The Morgan fingerprint density at radius 3 is 2.84 bits per heavy atom. The zero-order chi connectivity index (χ0) is 18.0. The maximum atomic E-state index is 12.7. The summed E-state index contributed by atoms with van der Waals surface area (Å²) in [4.78, 5) is 12.5. The molecule has 8 heteroatoms. The van der Waals surface area contributed by atoms with Crippen molar-refractivity contribution in [3.8, 4) is 10.4 Å². The number of likely N-dealkylation sites (N-methyl/N-ethyl adjacent to an activating group) is 1. The molecular formula is C17H17NO5S2. The molecule has 0 spiro atoms. The average Bonchev–Trinajstić information content (AvgIpc) is 3.26. The third-order valence-electron chi connectivity index (χ3n) is 3.71. The van der Waals surface area contributed by atoms with Crippen LogP contribution in [0.25, 0.3) is 16.5 Å². The van der Waals surface area contributed by atoms with Crippen LogP contribution in [0.1, 0.15) is 4.88 Å². The number of carbonyl (C=O) groups is 1. The third-order valence-corrected chi connectivity index (χ3v) is 6.63. The molecule has 25 heavy (non-hydrogen) atoms. The highest BCUT2D eigenvalue weighted by Gasteiger charge is 2.30. The molecule has 6 nitrogen and oxygen atoms in total. The zero-order valence-electron chi connectivity index (χ0n) is 13.5. The number of aliphatic carboxylic acids is 1. The average molecular weight is 379 g/mol. The van der Waals surface area contributed by atoms with Gasteiger partial charge in [-0.1, -0.05) is 12.1 Å². The highest BCUT2D eigenvalue weighted by Crippen LogP contribution is 2.31. The fourth-order valence-electron chi connectivity index (χ4n) is 2.30. The Balaban J connectivity index is 1.85. The van der Waals surface area contributed by atoms with E-state index >= 15 is 0 Å². The Morgan fingerprint density at radius 1 is 1.40 bits per heavy atom. The summed E-state index contributed by atoms with van der Waals surface area (Å²) in [6, 6.07) is 10.4. The van der Waals surface area contributed by atoms with Crippen LogP contribution in [0.15, 0.2) is 47.4 Å². The summed E-state index contributed by atoms with van der Waals surface area (Å²) >= 11 is 1.40. The number of sulfonamides is 1.